The highest BCUT2D eigenvalue weighted by Crippen LogP contribution is 2.55. The number of Topliss-reactive ketones (excluding diaryl/α,β-unsaturated/α-hetero) is 1. The van der Waals surface area contributed by atoms with E-state index in [-0.39, 0.29) is 5.41 Å². The summed E-state index contributed by atoms with van der Waals surface area (Å²) in [5, 5.41) is 4.08. The van der Waals surface area contributed by atoms with E-state index in [1.807, 2.05) is 11.7 Å². The largest absolute Gasteiger partial charge is 0.293 e. The molecule has 0 amide bonds. The Morgan fingerprint density at radius 2 is 2.33 bits per heavy atom. The Labute approximate surface area is 70.4 Å². The van der Waals surface area contributed by atoms with Crippen LogP contribution in [0.15, 0.2) is 6.20 Å². The summed E-state index contributed by atoms with van der Waals surface area (Å²) in [5.41, 5.74) is 2.04. The summed E-state index contributed by atoms with van der Waals surface area (Å²) >= 11 is 0. The average Bonchev–Trinajstić information content (AvgIpc) is 2.67. The molecule has 0 aromatic carbocycles. The summed E-state index contributed by atoms with van der Waals surface area (Å²) in [5.74, 6) is 0.339. The van der Waals surface area contributed by atoms with Crippen LogP contribution >= 0.6 is 0 Å². The fourth-order valence-corrected chi connectivity index (χ4v) is 2.10. The zero-order chi connectivity index (χ0) is 8.34. The van der Waals surface area contributed by atoms with Crippen molar-refractivity contribution in [3.8, 4) is 0 Å². The monoisotopic (exact) mass is 162 g/mol. The van der Waals surface area contributed by atoms with Gasteiger partial charge in [0.15, 0.2) is 5.78 Å². The highest BCUT2D eigenvalue weighted by Gasteiger charge is 2.55. The van der Waals surface area contributed by atoms with Crippen LogP contribution in [0.4, 0.5) is 0 Å². The van der Waals surface area contributed by atoms with E-state index in [0.29, 0.717) is 5.78 Å². The first-order chi connectivity index (χ1) is 5.73. The molecule has 0 aliphatic heterocycles. The maximum Gasteiger partial charge on any atom is 0.172 e. The number of aromatic nitrogens is 2. The van der Waals surface area contributed by atoms with Gasteiger partial charge in [0, 0.05) is 24.6 Å². The van der Waals surface area contributed by atoms with Crippen molar-refractivity contribution >= 4 is 5.78 Å². The van der Waals surface area contributed by atoms with Crippen LogP contribution in [0, 0.1) is 5.41 Å². The van der Waals surface area contributed by atoms with Crippen molar-refractivity contribution in [1.29, 1.82) is 0 Å². The quantitative estimate of drug-likeness (QED) is 0.569. The van der Waals surface area contributed by atoms with Gasteiger partial charge < -0.3 is 0 Å². The second-order valence-corrected chi connectivity index (χ2v) is 3.91. The van der Waals surface area contributed by atoms with Gasteiger partial charge in [0.2, 0.25) is 0 Å². The third-order valence-corrected chi connectivity index (χ3v) is 3.15. The predicted molar refractivity (Wildman–Crippen MR) is 42.9 cm³/mol. The fraction of sp³-hybridized carbons (Fsp3) is 0.556. The summed E-state index contributed by atoms with van der Waals surface area (Å²) in [6.45, 7) is 0. The minimum absolute atomic E-state index is 0.0331. The molecule has 3 nitrogen and oxygen atoms in total. The van der Waals surface area contributed by atoms with E-state index in [0.717, 1.165) is 30.5 Å². The third kappa shape index (κ3) is 0.543. The molecule has 0 saturated heterocycles. The first-order valence-electron chi connectivity index (χ1n) is 4.29. The Kier molecular flexibility index (Phi) is 0.868. The van der Waals surface area contributed by atoms with Crippen LogP contribution in [0.3, 0.4) is 0 Å². The Bertz CT molecular complexity index is 374. The number of rotatable bonds is 0. The summed E-state index contributed by atoms with van der Waals surface area (Å²) < 4.78 is 1.83. The summed E-state index contributed by atoms with van der Waals surface area (Å²) in [6.07, 6.45) is 4.81. The normalized spacial score (nSPS) is 23.2. The van der Waals surface area contributed by atoms with Gasteiger partial charge in [0.25, 0.3) is 0 Å². The molecule has 2 aliphatic rings. The van der Waals surface area contributed by atoms with Crippen molar-refractivity contribution in [3.05, 3.63) is 17.5 Å². The molecular weight excluding hydrogens is 152 g/mol. The highest BCUT2D eigenvalue weighted by molar-refractivity contribution is 6.06. The van der Waals surface area contributed by atoms with Crippen LogP contribution in [0.5, 0.6) is 0 Å². The molecule has 12 heavy (non-hydrogen) atoms. The number of aryl methyl sites for hydroxylation is 1. The lowest BCUT2D eigenvalue weighted by Gasteiger charge is -2.01. The number of hydrogen-bond donors (Lipinski definition) is 0. The van der Waals surface area contributed by atoms with Crippen molar-refractivity contribution in [2.75, 3.05) is 0 Å². The standard InChI is InChI=1S/C9H10N2O/c1-11-7-4-9(2-3-9)8(12)6(7)5-10-11/h5H,2-4H2,1H3. The zero-order valence-corrected chi connectivity index (χ0v) is 7.00. The molecule has 2 aliphatic carbocycles. The van der Waals surface area contributed by atoms with Crippen molar-refractivity contribution < 1.29 is 4.79 Å². The smallest absolute Gasteiger partial charge is 0.172 e. The minimum atomic E-state index is 0.0331. The number of ketones is 1. The van der Waals surface area contributed by atoms with Gasteiger partial charge in [-0.3, -0.25) is 9.48 Å². The van der Waals surface area contributed by atoms with Gasteiger partial charge in [0.1, 0.15) is 0 Å². The van der Waals surface area contributed by atoms with Gasteiger partial charge in [-0.2, -0.15) is 5.10 Å². The molecule has 3 heteroatoms. The lowest BCUT2D eigenvalue weighted by atomic mass is 10.0. The van der Waals surface area contributed by atoms with Crippen molar-refractivity contribution in [3.63, 3.8) is 0 Å². The van der Waals surface area contributed by atoms with Gasteiger partial charge in [-0.05, 0) is 12.8 Å². The molecule has 1 fully saturated rings. The molecule has 62 valence electrons. The van der Waals surface area contributed by atoms with Gasteiger partial charge >= 0.3 is 0 Å². The van der Waals surface area contributed by atoms with Crippen LogP contribution in [0.2, 0.25) is 0 Å². The molecule has 1 spiro atoms. The highest BCUT2D eigenvalue weighted by atomic mass is 16.1. The summed E-state index contributed by atoms with van der Waals surface area (Å²) in [4.78, 5) is 11.7. The van der Waals surface area contributed by atoms with Crippen LogP contribution in [0.1, 0.15) is 28.9 Å². The van der Waals surface area contributed by atoms with Crippen molar-refractivity contribution in [2.24, 2.45) is 12.5 Å². The van der Waals surface area contributed by atoms with Gasteiger partial charge in [-0.15, -0.1) is 0 Å². The van der Waals surface area contributed by atoms with Crippen LogP contribution < -0.4 is 0 Å². The molecule has 3 rings (SSSR count). The summed E-state index contributed by atoms with van der Waals surface area (Å²) in [6, 6.07) is 0. The molecule has 1 saturated carbocycles. The number of carbonyl (C=O) groups excluding carboxylic acids is 1. The average molecular weight is 162 g/mol. The predicted octanol–water partition coefficient (Wildman–Crippen LogP) is 0.939. The molecule has 1 aromatic rings. The Morgan fingerprint density at radius 1 is 1.58 bits per heavy atom. The maximum absolute atomic E-state index is 11.7. The summed E-state index contributed by atoms with van der Waals surface area (Å²) in [7, 11) is 1.91. The second kappa shape index (κ2) is 1.63. The van der Waals surface area contributed by atoms with E-state index in [4.69, 9.17) is 0 Å². The lowest BCUT2D eigenvalue weighted by Crippen LogP contribution is -2.10. The van der Waals surface area contributed by atoms with Gasteiger partial charge in [-0.1, -0.05) is 0 Å². The van der Waals surface area contributed by atoms with E-state index in [2.05, 4.69) is 5.10 Å². The zero-order valence-electron chi connectivity index (χ0n) is 7.00. The molecule has 1 heterocycles. The van der Waals surface area contributed by atoms with E-state index < -0.39 is 0 Å². The Hall–Kier alpha value is -1.12. The number of carbonyl (C=O) groups is 1. The number of hydrogen-bond acceptors (Lipinski definition) is 2. The molecule has 0 unspecified atom stereocenters. The molecule has 1 aromatic heterocycles. The maximum atomic E-state index is 11.7. The topological polar surface area (TPSA) is 34.9 Å². The third-order valence-electron chi connectivity index (χ3n) is 3.15. The van der Waals surface area contributed by atoms with Crippen LogP contribution in [-0.4, -0.2) is 15.6 Å². The van der Waals surface area contributed by atoms with Crippen LogP contribution in [-0.2, 0) is 13.5 Å². The van der Waals surface area contributed by atoms with Crippen molar-refractivity contribution in [1.82, 2.24) is 9.78 Å². The molecule has 0 radical (unpaired) electrons. The van der Waals surface area contributed by atoms with Crippen LogP contribution in [0.25, 0.3) is 0 Å². The molecular formula is C9H10N2O. The van der Waals surface area contributed by atoms with Gasteiger partial charge in [0.05, 0.1) is 11.8 Å². The van der Waals surface area contributed by atoms with E-state index in [1.54, 1.807) is 6.20 Å². The molecule has 0 atom stereocenters. The second-order valence-electron chi connectivity index (χ2n) is 3.91. The fourth-order valence-electron chi connectivity index (χ4n) is 2.10. The minimum Gasteiger partial charge on any atom is -0.293 e. The van der Waals surface area contributed by atoms with Gasteiger partial charge in [-0.25, -0.2) is 0 Å². The SMILES string of the molecule is Cn1ncc2c1CC1(CC1)C2=O. The Balaban J connectivity index is 2.20. The molecule has 0 N–H and O–H groups in total. The van der Waals surface area contributed by atoms with E-state index in [9.17, 15) is 4.79 Å². The van der Waals surface area contributed by atoms with Crippen molar-refractivity contribution in [2.45, 2.75) is 19.3 Å². The number of nitrogens with zero attached hydrogens (tertiary/aromatic N) is 2. The van der Waals surface area contributed by atoms with E-state index >= 15 is 0 Å². The first kappa shape index (κ1) is 6.40. The lowest BCUT2D eigenvalue weighted by molar-refractivity contribution is 0.0918. The molecule has 0 bridgehead atoms. The Morgan fingerprint density at radius 3 is 2.92 bits per heavy atom. The van der Waals surface area contributed by atoms with E-state index in [1.165, 1.54) is 0 Å². The first-order valence-corrected chi connectivity index (χ1v) is 4.29. The number of fused-ring (bicyclic) bond motifs is 1.